The van der Waals surface area contributed by atoms with Gasteiger partial charge < -0.3 is 19.4 Å². The van der Waals surface area contributed by atoms with Crippen LogP contribution in [0.1, 0.15) is 47.8 Å². The minimum absolute atomic E-state index is 0.0659. The molecule has 14 heteroatoms. The van der Waals surface area contributed by atoms with Crippen molar-refractivity contribution in [1.29, 1.82) is 0 Å². The first kappa shape index (κ1) is 29.4. The number of halogens is 6. The highest BCUT2D eigenvalue weighted by Crippen LogP contribution is 2.38. The summed E-state index contributed by atoms with van der Waals surface area (Å²) in [4.78, 5) is 25.2. The van der Waals surface area contributed by atoms with Crippen LogP contribution in [0.3, 0.4) is 0 Å². The predicted octanol–water partition coefficient (Wildman–Crippen LogP) is 6.46. The number of benzene rings is 2. The molecule has 1 aliphatic rings. The molecule has 3 unspecified atom stereocenters. The first-order valence-electron chi connectivity index (χ1n) is 13.6. The average molecular weight is 616 g/mol. The molecule has 6 rings (SSSR count). The number of hydrogen-bond donors (Lipinski definition) is 2. The van der Waals surface area contributed by atoms with Crippen LogP contribution in [0, 0.1) is 17.5 Å². The molecule has 8 nitrogen and oxygen atoms in total. The van der Waals surface area contributed by atoms with Gasteiger partial charge in [0, 0.05) is 0 Å². The molecule has 228 valence electrons. The first-order valence-corrected chi connectivity index (χ1v) is 13.6. The molecule has 3 aromatic heterocycles. The number of pyridine rings is 1. The number of fused-ring (bicyclic) bond motifs is 1. The Bertz CT molecular complexity index is 1850. The summed E-state index contributed by atoms with van der Waals surface area (Å²) in [5.41, 5.74) is -1.23. The van der Waals surface area contributed by atoms with Gasteiger partial charge in [0.05, 0.1) is 41.0 Å². The number of hydrogen-bond acceptors (Lipinski definition) is 6. The van der Waals surface area contributed by atoms with Crippen LogP contribution < -0.4 is 5.32 Å². The second-order valence-electron chi connectivity index (χ2n) is 10.4. The number of nitrogens with one attached hydrogen (secondary N) is 1. The van der Waals surface area contributed by atoms with E-state index >= 15 is 4.39 Å². The summed E-state index contributed by atoms with van der Waals surface area (Å²) in [6, 6.07) is 7.87. The Balaban J connectivity index is 1.45. The molecule has 2 N–H and O–H groups in total. The third-order valence-electron chi connectivity index (χ3n) is 7.60. The average Bonchev–Trinajstić information content (AvgIpc) is 3.59. The minimum Gasteiger partial charge on any atom is -0.443 e. The molecular weight excluding hydrogens is 592 g/mol. The largest absolute Gasteiger partial charge is 0.443 e. The number of carbonyl (C=O) groups excluding carboxylic acids is 1. The van der Waals surface area contributed by atoms with E-state index in [1.165, 1.54) is 30.5 Å². The number of aliphatic hydroxyl groups is 1. The number of rotatable bonds is 5. The number of amides is 1. The second-order valence-corrected chi connectivity index (χ2v) is 10.4. The fourth-order valence-electron chi connectivity index (χ4n) is 5.49. The zero-order valence-electron chi connectivity index (χ0n) is 22.7. The van der Waals surface area contributed by atoms with E-state index in [9.17, 15) is 31.9 Å². The highest BCUT2D eigenvalue weighted by Gasteiger charge is 2.37. The van der Waals surface area contributed by atoms with Gasteiger partial charge in [-0.3, -0.25) is 4.79 Å². The second kappa shape index (κ2) is 11.4. The van der Waals surface area contributed by atoms with Crippen LogP contribution in [0.15, 0.2) is 65.4 Å². The van der Waals surface area contributed by atoms with E-state index in [1.54, 1.807) is 10.6 Å². The van der Waals surface area contributed by atoms with Gasteiger partial charge in [0.2, 0.25) is 5.89 Å². The Hall–Kier alpha value is -4.72. The van der Waals surface area contributed by atoms with Crippen LogP contribution in [0.2, 0.25) is 0 Å². The van der Waals surface area contributed by atoms with Gasteiger partial charge in [-0.2, -0.15) is 13.2 Å². The smallest absolute Gasteiger partial charge is 0.436 e. The summed E-state index contributed by atoms with van der Waals surface area (Å²) in [7, 11) is 0. The fourth-order valence-corrected chi connectivity index (χ4v) is 5.49. The minimum atomic E-state index is -4.75. The lowest BCUT2D eigenvalue weighted by atomic mass is 9.99. The zero-order chi connectivity index (χ0) is 31.2. The highest BCUT2D eigenvalue weighted by molar-refractivity contribution is 5.94. The number of aliphatic hydroxyl groups excluding tert-OH is 1. The standard InChI is InChI=1S/C30H23F6N5O3/c31-15-9-10-19(33)17(11-15)28(43)39-20-7-3-4-8-23(26(20)42)41-24-12-21(29-40-25(14-44-29)30(34,35)36)37-13-22(24)38-27(41)16-5-1-2-6-18(16)32/h1-2,5-6,9-14,20,23,26,42H,3-4,7-8H2,(H,39,43). The Morgan fingerprint density at radius 2 is 1.77 bits per heavy atom. The van der Waals surface area contributed by atoms with E-state index in [4.69, 9.17) is 4.42 Å². The maximum atomic E-state index is 15.1. The molecule has 1 fully saturated rings. The summed E-state index contributed by atoms with van der Waals surface area (Å²) in [6.45, 7) is 0. The van der Waals surface area contributed by atoms with Crippen LogP contribution >= 0.6 is 0 Å². The summed E-state index contributed by atoms with van der Waals surface area (Å²) in [5.74, 6) is -3.60. The number of imidazole rings is 1. The first-order chi connectivity index (χ1) is 21.0. The van der Waals surface area contributed by atoms with Crippen LogP contribution in [0.5, 0.6) is 0 Å². The number of oxazole rings is 1. The van der Waals surface area contributed by atoms with E-state index in [-0.39, 0.29) is 28.1 Å². The molecule has 3 atom stereocenters. The van der Waals surface area contributed by atoms with Crippen molar-refractivity contribution in [2.75, 3.05) is 0 Å². The SMILES string of the molecule is O=C(NC1CCCCC(n2c(-c3ccccc3F)nc3cnc(-c4nc(C(F)(F)F)co4)cc32)C1O)c1cc(F)ccc1F. The maximum absolute atomic E-state index is 15.1. The normalized spacial score (nSPS) is 19.2. The highest BCUT2D eigenvalue weighted by atomic mass is 19.4. The van der Waals surface area contributed by atoms with Crippen molar-refractivity contribution < 1.29 is 40.7 Å². The lowest BCUT2D eigenvalue weighted by Gasteiger charge is -2.30. The van der Waals surface area contributed by atoms with Gasteiger partial charge in [-0.15, -0.1) is 0 Å². The summed E-state index contributed by atoms with van der Waals surface area (Å²) in [6.07, 6.45) is -2.58. The number of alkyl halides is 3. The van der Waals surface area contributed by atoms with Gasteiger partial charge in [0.15, 0.2) is 5.69 Å². The van der Waals surface area contributed by atoms with Crippen LogP contribution in [-0.2, 0) is 6.18 Å². The van der Waals surface area contributed by atoms with Crippen molar-refractivity contribution in [3.63, 3.8) is 0 Å². The van der Waals surface area contributed by atoms with E-state index in [1.807, 2.05) is 0 Å². The molecule has 0 radical (unpaired) electrons. The van der Waals surface area contributed by atoms with Gasteiger partial charge in [-0.25, -0.2) is 28.1 Å². The van der Waals surface area contributed by atoms with Gasteiger partial charge >= 0.3 is 6.18 Å². The molecule has 1 aliphatic carbocycles. The molecule has 1 amide bonds. The third kappa shape index (κ3) is 5.52. The Labute approximate surface area is 245 Å². The number of nitrogens with zero attached hydrogens (tertiary/aromatic N) is 4. The summed E-state index contributed by atoms with van der Waals surface area (Å²) in [5, 5.41) is 14.3. The van der Waals surface area contributed by atoms with Gasteiger partial charge in [0.1, 0.15) is 40.7 Å². The molecule has 0 aliphatic heterocycles. The molecule has 44 heavy (non-hydrogen) atoms. The van der Waals surface area contributed by atoms with Crippen molar-refractivity contribution in [1.82, 2.24) is 24.8 Å². The van der Waals surface area contributed by atoms with Crippen LogP contribution in [-0.4, -0.2) is 42.7 Å². The number of aromatic nitrogens is 4. The Kier molecular flexibility index (Phi) is 7.61. The van der Waals surface area contributed by atoms with Gasteiger partial charge in [-0.05, 0) is 49.2 Å². The zero-order valence-corrected chi connectivity index (χ0v) is 22.7. The van der Waals surface area contributed by atoms with E-state index < -0.39 is 64.9 Å². The fraction of sp³-hybridized carbons (Fsp3) is 0.267. The quantitative estimate of drug-likeness (QED) is 0.174. The molecule has 0 saturated heterocycles. The van der Waals surface area contributed by atoms with Gasteiger partial charge in [-0.1, -0.05) is 25.0 Å². The molecule has 0 spiro atoms. The number of carbonyl (C=O) groups is 1. The van der Waals surface area contributed by atoms with Crippen molar-refractivity contribution in [3.05, 3.63) is 89.7 Å². The Morgan fingerprint density at radius 3 is 2.52 bits per heavy atom. The van der Waals surface area contributed by atoms with E-state index in [2.05, 4.69) is 20.3 Å². The van der Waals surface area contributed by atoms with Crippen molar-refractivity contribution >= 4 is 16.9 Å². The van der Waals surface area contributed by atoms with E-state index in [0.717, 1.165) is 18.2 Å². The van der Waals surface area contributed by atoms with Crippen molar-refractivity contribution in [2.45, 2.75) is 50.0 Å². The van der Waals surface area contributed by atoms with Crippen molar-refractivity contribution in [3.8, 4) is 23.0 Å². The van der Waals surface area contributed by atoms with Crippen LogP contribution in [0.4, 0.5) is 26.3 Å². The van der Waals surface area contributed by atoms with Crippen molar-refractivity contribution in [2.24, 2.45) is 0 Å². The monoisotopic (exact) mass is 615 g/mol. The lowest BCUT2D eigenvalue weighted by Crippen LogP contribution is -2.46. The maximum Gasteiger partial charge on any atom is 0.436 e. The summed E-state index contributed by atoms with van der Waals surface area (Å²) >= 11 is 0. The molecular formula is C30H23F6N5O3. The predicted molar refractivity (Wildman–Crippen MR) is 145 cm³/mol. The van der Waals surface area contributed by atoms with Gasteiger partial charge in [0.25, 0.3) is 5.91 Å². The molecule has 3 heterocycles. The molecule has 0 bridgehead atoms. The molecule has 2 aromatic carbocycles. The third-order valence-corrected chi connectivity index (χ3v) is 7.60. The molecule has 1 saturated carbocycles. The Morgan fingerprint density at radius 1 is 1.00 bits per heavy atom. The summed E-state index contributed by atoms with van der Waals surface area (Å²) < 4.78 is 89.3. The topological polar surface area (TPSA) is 106 Å². The van der Waals surface area contributed by atoms with E-state index in [0.29, 0.717) is 31.9 Å². The van der Waals surface area contributed by atoms with Crippen LogP contribution in [0.25, 0.3) is 34.0 Å². The molecule has 5 aromatic rings. The lowest BCUT2D eigenvalue weighted by molar-refractivity contribution is -0.141.